The maximum atomic E-state index is 14.4. The molecule has 3 rings (SSSR count). The molecule has 1 heterocycles. The van der Waals surface area contributed by atoms with E-state index in [0.717, 1.165) is 18.4 Å². The molecule has 2 amide bonds. The number of primary amides is 1. The Morgan fingerprint density at radius 1 is 1.02 bits per heavy atom. The van der Waals surface area contributed by atoms with Crippen LogP contribution in [-0.4, -0.2) is 48.0 Å². The van der Waals surface area contributed by atoms with Gasteiger partial charge in [-0.25, -0.2) is 4.79 Å². The van der Waals surface area contributed by atoms with Gasteiger partial charge < -0.3 is 25.6 Å². The first-order valence-corrected chi connectivity index (χ1v) is 16.9. The van der Waals surface area contributed by atoms with Crippen LogP contribution in [0.2, 0.25) is 0 Å². The molecule has 260 valence electrons. The highest BCUT2D eigenvalue weighted by molar-refractivity contribution is 6.39. The van der Waals surface area contributed by atoms with Crippen molar-refractivity contribution in [3.63, 3.8) is 0 Å². The number of nitrogens with two attached hydrogens (primary N) is 1. The molecule has 0 radical (unpaired) electrons. The highest BCUT2D eigenvalue weighted by atomic mass is 16.6. The number of unbranched alkanes of at least 4 members (excludes halogenated alkanes) is 1. The third-order valence-corrected chi connectivity index (χ3v) is 9.28. The monoisotopic (exact) mass is 660 g/mol. The number of Topliss-reactive ketones (excluding diaryl/α,β-unsaturated/α-hetero) is 2. The van der Waals surface area contributed by atoms with Gasteiger partial charge in [-0.05, 0) is 74.6 Å². The molecule has 0 saturated carbocycles. The van der Waals surface area contributed by atoms with E-state index in [1.807, 2.05) is 47.6 Å². The number of ether oxygens (including phenoxy) is 2. The summed E-state index contributed by atoms with van der Waals surface area (Å²) in [5.41, 5.74) is 7.98. The zero-order valence-corrected chi connectivity index (χ0v) is 29.6. The Bertz CT molecular complexity index is 1530. The van der Waals surface area contributed by atoms with Crippen molar-refractivity contribution < 1.29 is 33.8 Å². The maximum absolute atomic E-state index is 14.4. The molecular weight excluding hydrogens is 608 g/mol. The van der Waals surface area contributed by atoms with Gasteiger partial charge in [-0.15, -0.1) is 0 Å². The van der Waals surface area contributed by atoms with Gasteiger partial charge in [0.15, 0.2) is 5.78 Å². The molecular formula is C39H52N2O7. The van der Waals surface area contributed by atoms with Gasteiger partial charge in [-0.1, -0.05) is 77.5 Å². The minimum Gasteiger partial charge on any atom is -0.497 e. The SMILES string of the molecule is CCCCC1=C2C[C@@H](C)C[C@H](C)[C@H](O)[C@@H](C)/C=C(\C)[C@H](OC(N)=O)[C@@H](C)/C=C\C=C(/C)C(=O)NC(=C(c3ccc(OC)cc3)C1=O)C2=O. The summed E-state index contributed by atoms with van der Waals surface area (Å²) in [5.74, 6) is -1.37. The van der Waals surface area contributed by atoms with E-state index in [0.29, 0.717) is 47.3 Å². The topological polar surface area (TPSA) is 145 Å². The molecule has 0 fully saturated rings. The van der Waals surface area contributed by atoms with Crippen molar-refractivity contribution in [1.82, 2.24) is 5.32 Å². The van der Waals surface area contributed by atoms with E-state index in [2.05, 4.69) is 5.32 Å². The van der Waals surface area contributed by atoms with Crippen LogP contribution in [0.15, 0.2) is 76.6 Å². The van der Waals surface area contributed by atoms with E-state index in [4.69, 9.17) is 15.2 Å². The van der Waals surface area contributed by atoms with Crippen molar-refractivity contribution in [1.29, 1.82) is 0 Å². The summed E-state index contributed by atoms with van der Waals surface area (Å²) in [6.45, 7) is 13.2. The number of ketones is 2. The summed E-state index contributed by atoms with van der Waals surface area (Å²) in [5, 5.41) is 14.1. The highest BCUT2D eigenvalue weighted by Crippen LogP contribution is 2.37. The zero-order valence-electron chi connectivity index (χ0n) is 29.6. The number of hydrogen-bond acceptors (Lipinski definition) is 7. The van der Waals surface area contributed by atoms with Crippen molar-refractivity contribution >= 4 is 29.1 Å². The van der Waals surface area contributed by atoms with Crippen molar-refractivity contribution in [3.05, 3.63) is 82.1 Å². The maximum Gasteiger partial charge on any atom is 0.405 e. The number of methoxy groups -OCH3 is 1. The van der Waals surface area contributed by atoms with E-state index in [9.17, 15) is 24.3 Å². The number of benzene rings is 1. The van der Waals surface area contributed by atoms with Crippen LogP contribution in [0.1, 0.15) is 86.1 Å². The molecule has 9 heteroatoms. The van der Waals surface area contributed by atoms with Crippen LogP contribution in [0.4, 0.5) is 4.79 Å². The smallest absolute Gasteiger partial charge is 0.405 e. The van der Waals surface area contributed by atoms with E-state index in [-0.39, 0.29) is 46.5 Å². The highest BCUT2D eigenvalue weighted by Gasteiger charge is 2.37. The summed E-state index contributed by atoms with van der Waals surface area (Å²) in [4.78, 5) is 54.2. The average Bonchev–Trinajstić information content (AvgIpc) is 3.04. The molecule has 48 heavy (non-hydrogen) atoms. The van der Waals surface area contributed by atoms with Gasteiger partial charge in [0.25, 0.3) is 5.91 Å². The normalized spacial score (nSPS) is 29.4. The van der Waals surface area contributed by atoms with E-state index in [1.54, 1.807) is 56.5 Å². The lowest BCUT2D eigenvalue weighted by molar-refractivity contribution is -0.120. The first kappa shape index (κ1) is 38.2. The number of aliphatic hydroxyl groups excluding tert-OH is 1. The minimum absolute atomic E-state index is 0.0444. The molecule has 1 aromatic carbocycles. The van der Waals surface area contributed by atoms with E-state index >= 15 is 0 Å². The first-order valence-electron chi connectivity index (χ1n) is 16.9. The lowest BCUT2D eigenvalue weighted by Gasteiger charge is -2.29. The molecule has 9 nitrogen and oxygen atoms in total. The number of allylic oxidation sites excluding steroid dienone is 5. The van der Waals surface area contributed by atoms with Crippen LogP contribution < -0.4 is 15.8 Å². The van der Waals surface area contributed by atoms with Gasteiger partial charge >= 0.3 is 6.09 Å². The molecule has 0 spiro atoms. The number of nitrogens with one attached hydrogen (secondary N) is 1. The summed E-state index contributed by atoms with van der Waals surface area (Å²) >= 11 is 0. The van der Waals surface area contributed by atoms with Gasteiger partial charge in [0.1, 0.15) is 17.6 Å². The van der Waals surface area contributed by atoms with Crippen LogP contribution in [0.3, 0.4) is 0 Å². The second kappa shape index (κ2) is 17.2. The molecule has 2 bridgehead atoms. The minimum atomic E-state index is -0.910. The molecule has 2 aliphatic rings. The Kier molecular flexibility index (Phi) is 13.7. The van der Waals surface area contributed by atoms with Crippen molar-refractivity contribution in [3.8, 4) is 5.75 Å². The molecule has 1 aliphatic carbocycles. The molecule has 0 unspecified atom stereocenters. The summed E-state index contributed by atoms with van der Waals surface area (Å²) in [6, 6.07) is 6.87. The molecule has 0 saturated heterocycles. The second-order valence-electron chi connectivity index (χ2n) is 13.4. The number of hydrogen-bond donors (Lipinski definition) is 3. The lowest BCUT2D eigenvalue weighted by atomic mass is 9.77. The fourth-order valence-electron chi connectivity index (χ4n) is 6.63. The Morgan fingerprint density at radius 3 is 2.29 bits per heavy atom. The zero-order chi connectivity index (χ0) is 35.7. The van der Waals surface area contributed by atoms with Crippen LogP contribution in [0.5, 0.6) is 5.75 Å². The van der Waals surface area contributed by atoms with Crippen molar-refractivity contribution in [2.45, 2.75) is 92.8 Å². The number of amides is 2. The van der Waals surface area contributed by atoms with Crippen molar-refractivity contribution in [2.75, 3.05) is 7.11 Å². The molecule has 6 atom stereocenters. The largest absolute Gasteiger partial charge is 0.497 e. The molecule has 0 aromatic heterocycles. The number of aliphatic hydroxyl groups is 1. The van der Waals surface area contributed by atoms with Crippen LogP contribution in [-0.2, 0) is 19.1 Å². The summed E-state index contributed by atoms with van der Waals surface area (Å²) in [6.07, 6.45) is 7.59. The van der Waals surface area contributed by atoms with Crippen LogP contribution in [0, 0.1) is 23.7 Å². The fraction of sp³-hybridized carbons (Fsp3) is 0.487. The van der Waals surface area contributed by atoms with Crippen LogP contribution in [0.25, 0.3) is 5.57 Å². The standard InChI is InChI=1S/C39H52N2O7/c1-9-10-14-30-31-20-22(2)19-25(5)34(42)26(6)21-27(7)37(48-39(40)46)23(3)12-11-13-24(4)38(45)41-33(36(31)44)32(35(30)43)28-15-17-29(47-8)18-16-28/h11-13,15-18,21-23,25-26,34,37,42H,9-10,14,19-20H2,1-8H3,(H2,40,46)(H,41,45)/b12-11-,24-13+,27-21+/t22-,23-,25-,26-,34-,37+/m0/s1. The Morgan fingerprint density at radius 2 is 1.69 bits per heavy atom. The molecule has 1 aliphatic heterocycles. The van der Waals surface area contributed by atoms with Gasteiger partial charge in [0.2, 0.25) is 5.78 Å². The number of carbonyl (C=O) groups excluding carboxylic acids is 4. The number of carbonyl (C=O) groups is 4. The Labute approximate surface area is 285 Å². The molecule has 1 aromatic rings. The van der Waals surface area contributed by atoms with Crippen molar-refractivity contribution in [2.24, 2.45) is 29.4 Å². The van der Waals surface area contributed by atoms with Gasteiger partial charge in [0, 0.05) is 28.6 Å². The third-order valence-electron chi connectivity index (χ3n) is 9.28. The van der Waals surface area contributed by atoms with Crippen LogP contribution >= 0.6 is 0 Å². The number of rotatable bonds is 6. The van der Waals surface area contributed by atoms with Gasteiger partial charge in [-0.2, -0.15) is 0 Å². The summed E-state index contributed by atoms with van der Waals surface area (Å²) < 4.78 is 10.8. The van der Waals surface area contributed by atoms with E-state index < -0.39 is 24.2 Å². The van der Waals surface area contributed by atoms with Gasteiger partial charge in [0.05, 0.1) is 18.8 Å². The lowest BCUT2D eigenvalue weighted by Crippen LogP contribution is -2.35. The third kappa shape index (κ3) is 9.43. The summed E-state index contributed by atoms with van der Waals surface area (Å²) in [7, 11) is 1.55. The predicted molar refractivity (Wildman–Crippen MR) is 188 cm³/mol. The Hall–Kier alpha value is -4.24. The van der Waals surface area contributed by atoms with Gasteiger partial charge in [-0.3, -0.25) is 14.4 Å². The average molecular weight is 661 g/mol. The number of fused-ring (bicyclic) bond motifs is 2. The second-order valence-corrected chi connectivity index (χ2v) is 13.4. The predicted octanol–water partition coefficient (Wildman–Crippen LogP) is 6.77. The fourth-order valence-corrected chi connectivity index (χ4v) is 6.63. The Balaban J connectivity index is 2.20. The van der Waals surface area contributed by atoms with E-state index in [1.165, 1.54) is 0 Å². The molecule has 4 N–H and O–H groups in total. The first-order chi connectivity index (χ1) is 22.7. The quantitative estimate of drug-likeness (QED) is 0.226.